The van der Waals surface area contributed by atoms with Crippen LogP contribution in [0.25, 0.3) is 10.9 Å². The molecule has 1 aromatic heterocycles. The van der Waals surface area contributed by atoms with Crippen molar-refractivity contribution >= 4 is 16.8 Å². The van der Waals surface area contributed by atoms with E-state index >= 15 is 0 Å². The van der Waals surface area contributed by atoms with Crippen molar-refractivity contribution in [2.75, 3.05) is 0 Å². The van der Waals surface area contributed by atoms with Crippen molar-refractivity contribution in [3.05, 3.63) is 75.6 Å². The molecular weight excluding hydrogens is 333 g/mol. The van der Waals surface area contributed by atoms with Gasteiger partial charge in [-0.1, -0.05) is 24.3 Å². The highest BCUT2D eigenvalue weighted by atomic mass is 19.1. The van der Waals surface area contributed by atoms with Gasteiger partial charge in [-0.25, -0.2) is 9.37 Å². The van der Waals surface area contributed by atoms with Gasteiger partial charge < -0.3 is 5.32 Å². The first-order chi connectivity index (χ1) is 12.5. The zero-order valence-electron chi connectivity index (χ0n) is 14.8. The number of rotatable bonds is 5. The van der Waals surface area contributed by atoms with E-state index in [-0.39, 0.29) is 30.2 Å². The summed E-state index contributed by atoms with van der Waals surface area (Å²) in [5, 5.41) is 3.34. The molecule has 0 unspecified atom stereocenters. The second kappa shape index (κ2) is 7.47. The van der Waals surface area contributed by atoms with Crippen LogP contribution in [0.4, 0.5) is 4.39 Å². The van der Waals surface area contributed by atoms with Gasteiger partial charge in [0.2, 0.25) is 5.91 Å². The molecular formula is C20H20FN3O2. The predicted octanol–water partition coefficient (Wildman–Crippen LogP) is 2.86. The van der Waals surface area contributed by atoms with Crippen LogP contribution in [0, 0.1) is 19.7 Å². The first kappa shape index (κ1) is 17.8. The number of para-hydroxylation sites is 1. The van der Waals surface area contributed by atoms with Gasteiger partial charge in [0.1, 0.15) is 5.82 Å². The number of nitrogens with zero attached hydrogens (tertiary/aromatic N) is 2. The molecule has 1 N–H and O–H groups in total. The Morgan fingerprint density at radius 3 is 2.77 bits per heavy atom. The molecule has 2 aromatic carbocycles. The highest BCUT2D eigenvalue weighted by Crippen LogP contribution is 2.11. The van der Waals surface area contributed by atoms with Gasteiger partial charge in [-0.2, -0.15) is 0 Å². The fraction of sp³-hybridized carbons (Fsp3) is 0.250. The summed E-state index contributed by atoms with van der Waals surface area (Å²) in [5.74, 6) is -0.443. The molecule has 0 saturated carbocycles. The van der Waals surface area contributed by atoms with E-state index in [2.05, 4.69) is 10.3 Å². The van der Waals surface area contributed by atoms with Crippen molar-refractivity contribution in [3.8, 4) is 0 Å². The van der Waals surface area contributed by atoms with E-state index in [4.69, 9.17) is 0 Å². The molecule has 0 aliphatic rings. The largest absolute Gasteiger partial charge is 0.352 e. The van der Waals surface area contributed by atoms with Gasteiger partial charge in [-0.05, 0) is 42.7 Å². The van der Waals surface area contributed by atoms with Gasteiger partial charge in [0.15, 0.2) is 0 Å². The van der Waals surface area contributed by atoms with Crippen LogP contribution in [-0.4, -0.2) is 15.5 Å². The molecule has 134 valence electrons. The molecule has 0 bridgehead atoms. The third-order valence-electron chi connectivity index (χ3n) is 4.35. The molecule has 0 aliphatic carbocycles. The Morgan fingerprint density at radius 1 is 1.19 bits per heavy atom. The number of aromatic nitrogens is 2. The SMILES string of the molecule is Cc1cc(CNC(=O)CCn2cnc3c(C)cccc3c2=O)ccc1F. The van der Waals surface area contributed by atoms with E-state index in [1.807, 2.05) is 19.1 Å². The fourth-order valence-electron chi connectivity index (χ4n) is 2.82. The van der Waals surface area contributed by atoms with Crippen molar-refractivity contribution in [2.45, 2.75) is 33.4 Å². The normalized spacial score (nSPS) is 10.9. The Hall–Kier alpha value is -3.02. The van der Waals surface area contributed by atoms with E-state index < -0.39 is 0 Å². The molecule has 0 atom stereocenters. The van der Waals surface area contributed by atoms with Crippen molar-refractivity contribution in [1.82, 2.24) is 14.9 Å². The number of hydrogen-bond acceptors (Lipinski definition) is 3. The van der Waals surface area contributed by atoms with Crippen LogP contribution in [-0.2, 0) is 17.9 Å². The number of aryl methyl sites for hydroxylation is 3. The summed E-state index contributed by atoms with van der Waals surface area (Å²) >= 11 is 0. The zero-order valence-corrected chi connectivity index (χ0v) is 14.8. The van der Waals surface area contributed by atoms with E-state index in [1.165, 1.54) is 17.0 Å². The lowest BCUT2D eigenvalue weighted by Crippen LogP contribution is -2.27. The van der Waals surface area contributed by atoms with E-state index in [0.29, 0.717) is 23.0 Å². The first-order valence-corrected chi connectivity index (χ1v) is 8.42. The quantitative estimate of drug-likeness (QED) is 0.767. The van der Waals surface area contributed by atoms with E-state index in [9.17, 15) is 14.0 Å². The molecule has 5 nitrogen and oxygen atoms in total. The van der Waals surface area contributed by atoms with Crippen LogP contribution in [0.2, 0.25) is 0 Å². The molecule has 1 amide bonds. The maximum atomic E-state index is 13.3. The number of carbonyl (C=O) groups excluding carboxylic acids is 1. The number of nitrogens with one attached hydrogen (secondary N) is 1. The lowest BCUT2D eigenvalue weighted by Gasteiger charge is -2.09. The Labute approximate surface area is 150 Å². The highest BCUT2D eigenvalue weighted by molar-refractivity contribution is 5.80. The molecule has 6 heteroatoms. The minimum absolute atomic E-state index is 0.152. The van der Waals surface area contributed by atoms with Crippen molar-refractivity contribution in [2.24, 2.45) is 0 Å². The van der Waals surface area contributed by atoms with Crippen molar-refractivity contribution in [3.63, 3.8) is 0 Å². The minimum atomic E-state index is -0.265. The predicted molar refractivity (Wildman–Crippen MR) is 98.3 cm³/mol. The topological polar surface area (TPSA) is 64.0 Å². The van der Waals surface area contributed by atoms with Crippen molar-refractivity contribution < 1.29 is 9.18 Å². The summed E-state index contributed by atoms with van der Waals surface area (Å²) in [6.45, 7) is 4.17. The Bertz CT molecular complexity index is 1030. The van der Waals surface area contributed by atoms with Crippen LogP contribution in [0.15, 0.2) is 47.5 Å². The molecule has 26 heavy (non-hydrogen) atoms. The molecule has 1 heterocycles. The smallest absolute Gasteiger partial charge is 0.261 e. The Morgan fingerprint density at radius 2 is 2.00 bits per heavy atom. The summed E-state index contributed by atoms with van der Waals surface area (Å²) in [6, 6.07) is 10.2. The van der Waals surface area contributed by atoms with Gasteiger partial charge in [-0.15, -0.1) is 0 Å². The molecule has 0 saturated heterocycles. The van der Waals surface area contributed by atoms with Gasteiger partial charge in [-0.3, -0.25) is 14.2 Å². The van der Waals surface area contributed by atoms with Gasteiger partial charge >= 0.3 is 0 Å². The van der Waals surface area contributed by atoms with Crippen LogP contribution in [0.3, 0.4) is 0 Å². The second-order valence-electron chi connectivity index (χ2n) is 6.32. The van der Waals surface area contributed by atoms with Crippen LogP contribution in [0.1, 0.15) is 23.1 Å². The summed E-state index contributed by atoms with van der Waals surface area (Å²) in [4.78, 5) is 28.9. The van der Waals surface area contributed by atoms with E-state index in [0.717, 1.165) is 11.1 Å². The summed E-state index contributed by atoms with van der Waals surface area (Å²) < 4.78 is 14.7. The van der Waals surface area contributed by atoms with E-state index in [1.54, 1.807) is 25.1 Å². The molecule has 0 aliphatic heterocycles. The van der Waals surface area contributed by atoms with Gasteiger partial charge in [0.25, 0.3) is 5.56 Å². The number of benzene rings is 2. The monoisotopic (exact) mass is 353 g/mol. The van der Waals surface area contributed by atoms with Crippen molar-refractivity contribution in [1.29, 1.82) is 0 Å². The van der Waals surface area contributed by atoms with Gasteiger partial charge in [0, 0.05) is 19.5 Å². The molecule has 0 radical (unpaired) electrons. The average molecular weight is 353 g/mol. The summed E-state index contributed by atoms with van der Waals surface area (Å²) in [6.07, 6.45) is 1.65. The molecule has 0 fully saturated rings. The summed E-state index contributed by atoms with van der Waals surface area (Å²) in [5.41, 5.74) is 2.85. The standard InChI is InChI=1S/C20H20FN3O2/c1-13-4-3-5-16-19(13)23-12-24(20(16)26)9-8-18(25)22-11-15-6-7-17(21)14(2)10-15/h3-7,10,12H,8-9,11H2,1-2H3,(H,22,25). The lowest BCUT2D eigenvalue weighted by molar-refractivity contribution is -0.121. The Balaban J connectivity index is 1.62. The molecule has 0 spiro atoms. The van der Waals surface area contributed by atoms with Gasteiger partial charge in [0.05, 0.1) is 17.2 Å². The third-order valence-corrected chi connectivity index (χ3v) is 4.35. The number of hydrogen-bond donors (Lipinski definition) is 1. The van der Waals surface area contributed by atoms with Crippen LogP contribution >= 0.6 is 0 Å². The van der Waals surface area contributed by atoms with Crippen LogP contribution in [0.5, 0.6) is 0 Å². The highest BCUT2D eigenvalue weighted by Gasteiger charge is 2.08. The third kappa shape index (κ3) is 3.79. The lowest BCUT2D eigenvalue weighted by atomic mass is 10.1. The fourth-order valence-corrected chi connectivity index (χ4v) is 2.82. The summed E-state index contributed by atoms with van der Waals surface area (Å²) in [7, 11) is 0. The Kier molecular flexibility index (Phi) is 5.11. The number of amides is 1. The average Bonchev–Trinajstić information content (AvgIpc) is 2.63. The molecule has 3 aromatic rings. The number of carbonyl (C=O) groups is 1. The number of halogens is 1. The maximum Gasteiger partial charge on any atom is 0.261 e. The maximum absolute atomic E-state index is 13.3. The molecule has 3 rings (SSSR count). The zero-order chi connectivity index (χ0) is 18.7. The first-order valence-electron chi connectivity index (χ1n) is 8.42. The van der Waals surface area contributed by atoms with Crippen LogP contribution < -0.4 is 10.9 Å². The minimum Gasteiger partial charge on any atom is -0.352 e. The second-order valence-corrected chi connectivity index (χ2v) is 6.32. The number of fused-ring (bicyclic) bond motifs is 1.